The van der Waals surface area contributed by atoms with Gasteiger partial charge in [0, 0.05) is 12.1 Å². The van der Waals surface area contributed by atoms with E-state index < -0.39 is 32.2 Å². The van der Waals surface area contributed by atoms with Crippen LogP contribution in [0.5, 0.6) is 0 Å². The third-order valence-corrected chi connectivity index (χ3v) is 6.37. The second-order valence-electron chi connectivity index (χ2n) is 7.43. The summed E-state index contributed by atoms with van der Waals surface area (Å²) in [6, 6.07) is 8.79. The van der Waals surface area contributed by atoms with Gasteiger partial charge in [0.25, 0.3) is 0 Å². The average molecular weight is 452 g/mol. The third kappa shape index (κ3) is 3.99. The van der Waals surface area contributed by atoms with E-state index in [9.17, 15) is 21.6 Å². The Morgan fingerprint density at radius 3 is 2.32 bits per heavy atom. The molecule has 0 unspecified atom stereocenters. The Balaban J connectivity index is 1.94. The summed E-state index contributed by atoms with van der Waals surface area (Å²) in [6.07, 6.45) is -4.21. The Morgan fingerprint density at radius 2 is 1.81 bits per heavy atom. The molecule has 1 atom stereocenters. The van der Waals surface area contributed by atoms with Crippen LogP contribution in [0.1, 0.15) is 23.1 Å². The van der Waals surface area contributed by atoms with E-state index in [1.165, 1.54) is 6.07 Å². The minimum Gasteiger partial charge on any atom is -0.320 e. The lowest BCUT2D eigenvalue weighted by atomic mass is 9.88. The van der Waals surface area contributed by atoms with Crippen LogP contribution in [0, 0.1) is 0 Å². The summed E-state index contributed by atoms with van der Waals surface area (Å²) in [5, 5.41) is 15.8. The number of alkyl halides is 3. The zero-order chi connectivity index (χ0) is 22.4. The monoisotopic (exact) mass is 452 g/mol. The summed E-state index contributed by atoms with van der Waals surface area (Å²) < 4.78 is 65.4. The zero-order valence-corrected chi connectivity index (χ0v) is 17.0. The van der Waals surface area contributed by atoms with Gasteiger partial charge in [-0.05, 0) is 35.7 Å². The van der Waals surface area contributed by atoms with E-state index >= 15 is 0 Å². The molecule has 2 heterocycles. The first-order chi connectivity index (χ1) is 14.5. The SMILES string of the molecule is N[C@]1(c2ccc(-c3ccc(C(F)(F)F)c(S(N)(=O)=O)c3C3=NCN=N3)cc2)CCNC1. The molecule has 2 aliphatic heterocycles. The maximum Gasteiger partial charge on any atom is 0.417 e. The first-order valence-electron chi connectivity index (χ1n) is 9.30. The lowest BCUT2D eigenvalue weighted by Gasteiger charge is -2.24. The van der Waals surface area contributed by atoms with Crippen molar-refractivity contribution in [2.75, 3.05) is 19.8 Å². The highest BCUT2D eigenvalue weighted by Gasteiger charge is 2.40. The first-order valence-corrected chi connectivity index (χ1v) is 10.9. The number of nitrogens with zero attached hydrogens (tertiary/aromatic N) is 3. The smallest absolute Gasteiger partial charge is 0.320 e. The van der Waals surface area contributed by atoms with E-state index in [-0.39, 0.29) is 23.6 Å². The van der Waals surface area contributed by atoms with Gasteiger partial charge in [-0.2, -0.15) is 18.3 Å². The fraction of sp³-hybridized carbons (Fsp3) is 0.316. The largest absolute Gasteiger partial charge is 0.417 e. The molecule has 164 valence electrons. The third-order valence-electron chi connectivity index (χ3n) is 5.38. The van der Waals surface area contributed by atoms with Gasteiger partial charge in [-0.3, -0.25) is 0 Å². The molecule has 0 aromatic heterocycles. The van der Waals surface area contributed by atoms with E-state index in [1.807, 2.05) is 0 Å². The summed E-state index contributed by atoms with van der Waals surface area (Å²) in [4.78, 5) is 2.88. The molecule has 1 fully saturated rings. The van der Waals surface area contributed by atoms with Crippen molar-refractivity contribution in [2.24, 2.45) is 26.1 Å². The number of sulfonamides is 1. The molecule has 0 saturated carbocycles. The fourth-order valence-corrected chi connectivity index (χ4v) is 4.84. The van der Waals surface area contributed by atoms with Gasteiger partial charge >= 0.3 is 6.18 Å². The molecule has 0 spiro atoms. The minimum atomic E-state index is -4.95. The van der Waals surface area contributed by atoms with Crippen LogP contribution in [-0.4, -0.2) is 34.0 Å². The van der Waals surface area contributed by atoms with Gasteiger partial charge < -0.3 is 11.1 Å². The number of hydrogen-bond donors (Lipinski definition) is 3. The minimum absolute atomic E-state index is 0.114. The highest BCUT2D eigenvalue weighted by atomic mass is 32.2. The van der Waals surface area contributed by atoms with Crippen molar-refractivity contribution in [3.63, 3.8) is 0 Å². The topological polar surface area (TPSA) is 135 Å². The second-order valence-corrected chi connectivity index (χ2v) is 8.93. The predicted molar refractivity (Wildman–Crippen MR) is 108 cm³/mol. The Bertz CT molecular complexity index is 1180. The zero-order valence-electron chi connectivity index (χ0n) is 16.1. The summed E-state index contributed by atoms with van der Waals surface area (Å²) >= 11 is 0. The molecule has 2 aliphatic rings. The number of primary sulfonamides is 1. The number of aliphatic imine (C=N–C) groups is 1. The van der Waals surface area contributed by atoms with Crippen LogP contribution in [0.3, 0.4) is 0 Å². The average Bonchev–Trinajstić information content (AvgIpc) is 3.38. The van der Waals surface area contributed by atoms with Crippen LogP contribution in [0.15, 0.2) is 56.5 Å². The Morgan fingerprint density at radius 1 is 1.10 bits per heavy atom. The van der Waals surface area contributed by atoms with Gasteiger partial charge in [-0.25, -0.2) is 18.5 Å². The molecule has 0 aliphatic carbocycles. The molecule has 1 saturated heterocycles. The molecular formula is C19H19F3N6O2S. The van der Waals surface area contributed by atoms with Crippen LogP contribution in [0.4, 0.5) is 13.2 Å². The van der Waals surface area contributed by atoms with Crippen LogP contribution in [-0.2, 0) is 21.7 Å². The fourth-order valence-electron chi connectivity index (χ4n) is 3.86. The molecule has 2 aromatic rings. The van der Waals surface area contributed by atoms with Gasteiger partial charge in [0.1, 0.15) is 4.90 Å². The quantitative estimate of drug-likeness (QED) is 0.656. The van der Waals surface area contributed by atoms with Gasteiger partial charge in [-0.1, -0.05) is 30.3 Å². The number of rotatable bonds is 4. The summed E-state index contributed by atoms with van der Waals surface area (Å²) in [5.41, 5.74) is 5.69. The van der Waals surface area contributed by atoms with E-state index in [0.29, 0.717) is 18.2 Å². The van der Waals surface area contributed by atoms with Crippen LogP contribution >= 0.6 is 0 Å². The molecule has 0 radical (unpaired) electrons. The summed E-state index contributed by atoms with van der Waals surface area (Å²) in [7, 11) is -4.78. The molecule has 8 nitrogen and oxygen atoms in total. The molecule has 0 bridgehead atoms. The van der Waals surface area contributed by atoms with Crippen molar-refractivity contribution in [3.05, 3.63) is 53.1 Å². The van der Waals surface area contributed by atoms with Crippen molar-refractivity contribution in [2.45, 2.75) is 23.0 Å². The van der Waals surface area contributed by atoms with Crippen molar-refractivity contribution >= 4 is 15.9 Å². The normalized spacial score (nSPS) is 21.5. The van der Waals surface area contributed by atoms with E-state index in [0.717, 1.165) is 18.5 Å². The molecule has 2 aromatic carbocycles. The van der Waals surface area contributed by atoms with E-state index in [4.69, 9.17) is 10.9 Å². The van der Waals surface area contributed by atoms with Gasteiger partial charge in [0.2, 0.25) is 10.0 Å². The van der Waals surface area contributed by atoms with Crippen molar-refractivity contribution in [1.29, 1.82) is 0 Å². The molecule has 0 amide bonds. The van der Waals surface area contributed by atoms with Crippen molar-refractivity contribution < 1.29 is 21.6 Å². The highest BCUT2D eigenvalue weighted by Crippen LogP contribution is 2.40. The maximum absolute atomic E-state index is 13.6. The van der Waals surface area contributed by atoms with Crippen molar-refractivity contribution in [1.82, 2.24) is 5.32 Å². The highest BCUT2D eigenvalue weighted by molar-refractivity contribution is 7.89. The lowest BCUT2D eigenvalue weighted by Crippen LogP contribution is -2.38. The van der Waals surface area contributed by atoms with Gasteiger partial charge in [0.15, 0.2) is 12.5 Å². The number of nitrogens with one attached hydrogen (secondary N) is 1. The molecule has 4 rings (SSSR count). The number of hydrogen-bond acceptors (Lipinski definition) is 7. The number of benzene rings is 2. The second kappa shape index (κ2) is 7.48. The maximum atomic E-state index is 13.6. The van der Waals surface area contributed by atoms with Gasteiger partial charge in [0.05, 0.1) is 11.1 Å². The van der Waals surface area contributed by atoms with Crippen LogP contribution in [0.25, 0.3) is 11.1 Å². The molecular weight excluding hydrogens is 433 g/mol. The van der Waals surface area contributed by atoms with Crippen LogP contribution in [0.2, 0.25) is 0 Å². The number of azo groups is 1. The van der Waals surface area contributed by atoms with E-state index in [2.05, 4.69) is 20.5 Å². The van der Waals surface area contributed by atoms with Crippen LogP contribution < -0.4 is 16.2 Å². The summed E-state index contributed by atoms with van der Waals surface area (Å²) in [6.45, 7) is 1.27. The lowest BCUT2D eigenvalue weighted by molar-refractivity contribution is -0.139. The molecule has 31 heavy (non-hydrogen) atoms. The Labute approximate surface area is 176 Å². The van der Waals surface area contributed by atoms with Gasteiger partial charge in [-0.15, -0.1) is 5.11 Å². The molecule has 5 N–H and O–H groups in total. The van der Waals surface area contributed by atoms with Crippen molar-refractivity contribution in [3.8, 4) is 11.1 Å². The standard InChI is InChI=1S/C19H19F3N6O2S/c20-19(21,22)14-6-5-13(15(16(14)31(24,29)30)17-26-10-27-28-17)11-1-3-12(4-2-11)18(23)7-8-25-9-18/h1-6,25H,7-10,23H2,(H2,24,29,30)/t18-/m1/s1. The Kier molecular flexibility index (Phi) is 5.20. The number of amidine groups is 1. The first kappa shape index (κ1) is 21.6. The number of halogens is 3. The number of nitrogens with two attached hydrogens (primary N) is 2. The predicted octanol–water partition coefficient (Wildman–Crippen LogP) is 2.34. The Hall–Kier alpha value is -2.67. The van der Waals surface area contributed by atoms with E-state index in [1.54, 1.807) is 24.3 Å². The molecule has 12 heteroatoms. The summed E-state index contributed by atoms with van der Waals surface area (Å²) in [5.74, 6) is -0.218.